The first kappa shape index (κ1) is 13.5. The van der Waals surface area contributed by atoms with Gasteiger partial charge in [0.1, 0.15) is 5.69 Å². The second kappa shape index (κ2) is 6.32. The van der Waals surface area contributed by atoms with Crippen LogP contribution in [0.4, 0.5) is 0 Å². The van der Waals surface area contributed by atoms with Gasteiger partial charge in [-0.15, -0.1) is 0 Å². The molecule has 1 aliphatic rings. The zero-order chi connectivity index (χ0) is 13.7. The summed E-state index contributed by atoms with van der Waals surface area (Å²) in [4.78, 5) is 20.6. The smallest absolute Gasteiger partial charge is 0.273 e. The fraction of sp³-hybridized carbons (Fsp3) is 0.429. The van der Waals surface area contributed by atoms with Crippen molar-refractivity contribution in [3.63, 3.8) is 0 Å². The van der Waals surface area contributed by atoms with E-state index in [2.05, 4.69) is 28.8 Å². The van der Waals surface area contributed by atoms with Crippen molar-refractivity contribution >= 4 is 5.91 Å². The second-order valence-corrected chi connectivity index (χ2v) is 4.50. The molecule has 0 spiro atoms. The summed E-state index contributed by atoms with van der Waals surface area (Å²) in [5.74, 6) is 5.63. The van der Waals surface area contributed by atoms with Crippen LogP contribution in [0.5, 0.6) is 0 Å². The number of carbonyl (C=O) groups excluding carboxylic acids is 1. The molecule has 2 N–H and O–H groups in total. The number of hydrogen-bond donors (Lipinski definition) is 1. The standard InChI is InChI=1S/C14H18N4O/c1-17-8-10-18(11-9-17)14(19)13-12(4-2-6-15)5-3-7-16-13/h3,5,7H,6,8-11,15H2,1H3. The minimum atomic E-state index is -0.0463. The summed E-state index contributed by atoms with van der Waals surface area (Å²) in [6, 6.07) is 3.58. The molecule has 5 nitrogen and oxygen atoms in total. The summed E-state index contributed by atoms with van der Waals surface area (Å²) in [7, 11) is 2.06. The predicted molar refractivity (Wildman–Crippen MR) is 73.6 cm³/mol. The van der Waals surface area contributed by atoms with Gasteiger partial charge in [0, 0.05) is 32.4 Å². The van der Waals surface area contributed by atoms with Gasteiger partial charge in [-0.1, -0.05) is 11.8 Å². The van der Waals surface area contributed by atoms with E-state index in [1.165, 1.54) is 0 Å². The van der Waals surface area contributed by atoms with E-state index in [0.29, 0.717) is 11.3 Å². The monoisotopic (exact) mass is 258 g/mol. The molecule has 1 amide bonds. The molecule has 0 saturated carbocycles. The number of rotatable bonds is 1. The van der Waals surface area contributed by atoms with Crippen LogP contribution in [0.2, 0.25) is 0 Å². The largest absolute Gasteiger partial charge is 0.335 e. The van der Waals surface area contributed by atoms with Gasteiger partial charge in [-0.2, -0.15) is 0 Å². The number of nitrogens with zero attached hydrogens (tertiary/aromatic N) is 3. The summed E-state index contributed by atoms with van der Waals surface area (Å²) < 4.78 is 0. The van der Waals surface area contributed by atoms with Gasteiger partial charge in [0.05, 0.1) is 12.1 Å². The maximum Gasteiger partial charge on any atom is 0.273 e. The van der Waals surface area contributed by atoms with Gasteiger partial charge < -0.3 is 15.5 Å². The van der Waals surface area contributed by atoms with Crippen molar-refractivity contribution in [2.75, 3.05) is 39.8 Å². The van der Waals surface area contributed by atoms with E-state index in [-0.39, 0.29) is 12.5 Å². The normalized spacial score (nSPS) is 15.8. The Kier molecular flexibility index (Phi) is 4.50. The number of piperazine rings is 1. The van der Waals surface area contributed by atoms with Crippen LogP contribution in [-0.4, -0.2) is 60.5 Å². The lowest BCUT2D eigenvalue weighted by Gasteiger charge is -2.32. The van der Waals surface area contributed by atoms with Gasteiger partial charge in [-0.25, -0.2) is 4.98 Å². The summed E-state index contributed by atoms with van der Waals surface area (Å²) in [6.07, 6.45) is 1.62. The third-order valence-corrected chi connectivity index (χ3v) is 3.13. The van der Waals surface area contributed by atoms with Crippen LogP contribution in [0, 0.1) is 11.8 Å². The molecule has 5 heteroatoms. The number of hydrogen-bond acceptors (Lipinski definition) is 4. The van der Waals surface area contributed by atoms with Crippen LogP contribution in [0.15, 0.2) is 18.3 Å². The van der Waals surface area contributed by atoms with E-state index < -0.39 is 0 Å². The number of carbonyl (C=O) groups is 1. The molecule has 19 heavy (non-hydrogen) atoms. The highest BCUT2D eigenvalue weighted by molar-refractivity contribution is 5.94. The molecule has 0 aromatic carbocycles. The fourth-order valence-corrected chi connectivity index (χ4v) is 1.98. The number of pyridine rings is 1. The van der Waals surface area contributed by atoms with Crippen molar-refractivity contribution in [1.82, 2.24) is 14.8 Å². The van der Waals surface area contributed by atoms with Crippen LogP contribution >= 0.6 is 0 Å². The van der Waals surface area contributed by atoms with E-state index in [1.54, 1.807) is 18.3 Å². The molecule has 0 radical (unpaired) electrons. The SMILES string of the molecule is CN1CCN(C(=O)c2ncccc2C#CCN)CC1. The predicted octanol–water partition coefficient (Wildman–Crippen LogP) is -0.221. The number of amides is 1. The van der Waals surface area contributed by atoms with Gasteiger partial charge in [0.15, 0.2) is 0 Å². The van der Waals surface area contributed by atoms with Crippen molar-refractivity contribution in [2.24, 2.45) is 5.73 Å². The molecule has 0 bridgehead atoms. The molecular formula is C14H18N4O. The molecule has 2 rings (SSSR count). The van der Waals surface area contributed by atoms with Crippen LogP contribution in [0.25, 0.3) is 0 Å². The number of likely N-dealkylation sites (N-methyl/N-ethyl adjacent to an activating group) is 1. The van der Waals surface area contributed by atoms with Gasteiger partial charge >= 0.3 is 0 Å². The van der Waals surface area contributed by atoms with Crippen molar-refractivity contribution in [3.05, 3.63) is 29.6 Å². The minimum absolute atomic E-state index is 0.0463. The quantitative estimate of drug-likeness (QED) is 0.707. The van der Waals surface area contributed by atoms with E-state index >= 15 is 0 Å². The summed E-state index contributed by atoms with van der Waals surface area (Å²) in [5.41, 5.74) is 6.44. The first-order chi connectivity index (χ1) is 9.22. The highest BCUT2D eigenvalue weighted by Gasteiger charge is 2.22. The third-order valence-electron chi connectivity index (χ3n) is 3.13. The Morgan fingerprint density at radius 3 is 2.84 bits per heavy atom. The molecule has 0 aliphatic carbocycles. The van der Waals surface area contributed by atoms with Gasteiger partial charge in [-0.05, 0) is 19.2 Å². The Morgan fingerprint density at radius 1 is 1.42 bits per heavy atom. The molecule has 2 heterocycles. The van der Waals surface area contributed by atoms with E-state index in [0.717, 1.165) is 26.2 Å². The topological polar surface area (TPSA) is 62.5 Å². The molecule has 0 unspecified atom stereocenters. The Morgan fingerprint density at radius 2 is 2.16 bits per heavy atom. The Bertz CT molecular complexity index is 510. The Balaban J connectivity index is 2.19. The van der Waals surface area contributed by atoms with Crippen LogP contribution in [0.3, 0.4) is 0 Å². The number of aromatic nitrogens is 1. The minimum Gasteiger partial charge on any atom is -0.335 e. The van der Waals surface area contributed by atoms with E-state index in [4.69, 9.17) is 5.73 Å². The lowest BCUT2D eigenvalue weighted by molar-refractivity contribution is 0.0658. The van der Waals surface area contributed by atoms with Crippen molar-refractivity contribution in [3.8, 4) is 11.8 Å². The summed E-state index contributed by atoms with van der Waals surface area (Å²) in [6.45, 7) is 3.52. The maximum absolute atomic E-state index is 12.4. The average molecular weight is 258 g/mol. The van der Waals surface area contributed by atoms with E-state index in [1.807, 2.05) is 4.90 Å². The Labute approximate surface area is 113 Å². The lowest BCUT2D eigenvalue weighted by atomic mass is 10.1. The van der Waals surface area contributed by atoms with Crippen LogP contribution in [0.1, 0.15) is 16.1 Å². The first-order valence-corrected chi connectivity index (χ1v) is 6.34. The number of nitrogens with two attached hydrogens (primary N) is 1. The van der Waals surface area contributed by atoms with Crippen molar-refractivity contribution in [1.29, 1.82) is 0 Å². The second-order valence-electron chi connectivity index (χ2n) is 4.50. The lowest BCUT2D eigenvalue weighted by Crippen LogP contribution is -2.47. The Hall–Kier alpha value is -1.90. The first-order valence-electron chi connectivity index (χ1n) is 6.34. The van der Waals surface area contributed by atoms with Gasteiger partial charge in [0.2, 0.25) is 0 Å². The molecular weight excluding hydrogens is 240 g/mol. The summed E-state index contributed by atoms with van der Waals surface area (Å²) >= 11 is 0. The van der Waals surface area contributed by atoms with Crippen LogP contribution in [-0.2, 0) is 0 Å². The molecule has 1 aliphatic heterocycles. The van der Waals surface area contributed by atoms with Crippen molar-refractivity contribution in [2.45, 2.75) is 0 Å². The molecule has 100 valence electrons. The average Bonchev–Trinajstić information content (AvgIpc) is 2.45. The van der Waals surface area contributed by atoms with Gasteiger partial charge in [-0.3, -0.25) is 4.79 Å². The molecule has 1 aromatic rings. The molecule has 1 fully saturated rings. The highest BCUT2D eigenvalue weighted by Crippen LogP contribution is 2.10. The van der Waals surface area contributed by atoms with E-state index in [9.17, 15) is 4.79 Å². The van der Waals surface area contributed by atoms with Crippen LogP contribution < -0.4 is 5.73 Å². The molecule has 1 aromatic heterocycles. The molecule has 0 atom stereocenters. The van der Waals surface area contributed by atoms with Gasteiger partial charge in [0.25, 0.3) is 5.91 Å². The summed E-state index contributed by atoms with van der Waals surface area (Å²) in [5, 5.41) is 0. The zero-order valence-corrected chi connectivity index (χ0v) is 11.1. The molecule has 1 saturated heterocycles. The fourth-order valence-electron chi connectivity index (χ4n) is 1.98. The zero-order valence-electron chi connectivity index (χ0n) is 11.1. The highest BCUT2D eigenvalue weighted by atomic mass is 16.2. The maximum atomic E-state index is 12.4. The third kappa shape index (κ3) is 3.31. The van der Waals surface area contributed by atoms with Crippen molar-refractivity contribution < 1.29 is 4.79 Å².